The molecule has 1 aliphatic heterocycles. The summed E-state index contributed by atoms with van der Waals surface area (Å²) in [4.78, 5) is 0. The monoisotopic (exact) mass is 159 g/mol. The molecule has 1 heterocycles. The van der Waals surface area contributed by atoms with Crippen molar-refractivity contribution in [3.8, 4) is 0 Å². The van der Waals surface area contributed by atoms with Gasteiger partial charge in [0, 0.05) is 6.54 Å². The highest BCUT2D eigenvalue weighted by Crippen LogP contribution is 2.10. The first kappa shape index (κ1) is 8.97. The van der Waals surface area contributed by atoms with Gasteiger partial charge in [-0.05, 0) is 13.0 Å². The number of ether oxygens (including phenoxy) is 1. The van der Waals surface area contributed by atoms with Gasteiger partial charge in [0.25, 0.3) is 0 Å². The van der Waals surface area contributed by atoms with E-state index in [0.29, 0.717) is 12.5 Å². The Morgan fingerprint density at radius 3 is 2.55 bits per heavy atom. The summed E-state index contributed by atoms with van der Waals surface area (Å²) in [7, 11) is 0. The minimum absolute atomic E-state index is 0.400. The number of likely N-dealkylation sites (N-methyl/N-ethyl adjacent to an activating group) is 1. The summed E-state index contributed by atoms with van der Waals surface area (Å²) in [5, 5.41) is 6.63. The molecule has 0 radical (unpaired) electrons. The molecule has 66 valence electrons. The van der Waals surface area contributed by atoms with Crippen LogP contribution in [-0.2, 0) is 0 Å². The number of hydrogen-bond acceptors (Lipinski definition) is 2. The number of unbranched alkanes of at least 4 members (excludes halogenated alkanes) is 1. The van der Waals surface area contributed by atoms with Gasteiger partial charge in [-0.1, -0.05) is 20.3 Å². The molecule has 1 rings (SSSR count). The molecule has 1 fully saturated rings. The standard InChI is InChI=1S/C8H18N2O/c1-3-5-6-10-8-7(11-8)9-4-2/h7-10H,3-6H2,1-2H3/p+1. The zero-order valence-corrected chi connectivity index (χ0v) is 7.43. The molecule has 1 aliphatic rings. The molecule has 0 saturated carbocycles. The molecule has 0 aromatic heterocycles. The fourth-order valence-electron chi connectivity index (χ4n) is 1.09. The number of nitrogens with one attached hydrogen (secondary N) is 2. The minimum Gasteiger partial charge on any atom is -0.391 e. The van der Waals surface area contributed by atoms with Crippen LogP contribution < -0.4 is 10.6 Å². The summed E-state index contributed by atoms with van der Waals surface area (Å²) in [6, 6.07) is 0. The second-order valence-electron chi connectivity index (χ2n) is 2.90. The van der Waals surface area contributed by atoms with E-state index in [2.05, 4.69) is 29.2 Å². The number of epoxide rings is 1. The predicted octanol–water partition coefficient (Wildman–Crippen LogP) is 0.179. The molecule has 2 unspecified atom stereocenters. The van der Waals surface area contributed by atoms with E-state index >= 15 is 0 Å². The number of aliphatic hydroxyl groups is 2. The lowest BCUT2D eigenvalue weighted by molar-refractivity contribution is 0.145. The molecule has 0 aromatic carbocycles. The Hall–Kier alpha value is -0.120. The molecule has 2 atom stereocenters. The number of rotatable bonds is 6. The molecule has 11 heavy (non-hydrogen) atoms. The first-order valence-corrected chi connectivity index (χ1v) is 4.55. The van der Waals surface area contributed by atoms with Gasteiger partial charge in [0.15, 0.2) is 0 Å². The second-order valence-corrected chi connectivity index (χ2v) is 2.90. The molecule has 0 aliphatic carbocycles. The van der Waals surface area contributed by atoms with E-state index in [9.17, 15) is 0 Å². The number of hydrogen-bond donors (Lipinski definition) is 2. The first-order valence-electron chi connectivity index (χ1n) is 4.55. The third kappa shape index (κ3) is 3.18. The van der Waals surface area contributed by atoms with Gasteiger partial charge in [-0.15, -0.1) is 0 Å². The lowest BCUT2D eigenvalue weighted by Crippen LogP contribution is -2.27. The maximum absolute atomic E-state index is 4.29. The molecule has 0 aromatic rings. The van der Waals surface area contributed by atoms with E-state index in [-0.39, 0.29) is 0 Å². The van der Waals surface area contributed by atoms with Gasteiger partial charge in [-0.3, -0.25) is 0 Å². The van der Waals surface area contributed by atoms with Crippen molar-refractivity contribution in [2.24, 2.45) is 0 Å². The summed E-state index contributed by atoms with van der Waals surface area (Å²) in [5.74, 6) is 0. The van der Waals surface area contributed by atoms with Crippen LogP contribution in [0.2, 0.25) is 0 Å². The summed E-state index contributed by atoms with van der Waals surface area (Å²) in [5.41, 5.74) is 0. The van der Waals surface area contributed by atoms with Gasteiger partial charge in [0.05, 0.1) is 0 Å². The fourth-order valence-corrected chi connectivity index (χ4v) is 1.09. The molecule has 3 heteroatoms. The van der Waals surface area contributed by atoms with Crippen molar-refractivity contribution < 1.29 is 4.74 Å². The molecule has 0 amide bonds. The molecule has 3 nitrogen and oxygen atoms in total. The Morgan fingerprint density at radius 1 is 1.18 bits per heavy atom. The molecular weight excluding hydrogens is 140 g/mol. The highest BCUT2D eigenvalue weighted by molar-refractivity contribution is 4.76. The highest BCUT2D eigenvalue weighted by atomic mass is 16.6. The highest BCUT2D eigenvalue weighted by Gasteiger charge is 2.46. The Bertz CT molecular complexity index is 108. The van der Waals surface area contributed by atoms with Crippen molar-refractivity contribution in [3.63, 3.8) is 0 Å². The van der Waals surface area contributed by atoms with E-state index in [1.54, 1.807) is 0 Å². The Kier molecular flexibility index (Phi) is 3.83. The van der Waals surface area contributed by atoms with Crippen molar-refractivity contribution in [2.45, 2.75) is 39.1 Å². The maximum Gasteiger partial charge on any atom is 0.302 e. The van der Waals surface area contributed by atoms with E-state index < -0.39 is 0 Å². The Balaban J connectivity index is 1.87. The zero-order chi connectivity index (χ0) is 8.10. The van der Waals surface area contributed by atoms with Crippen LogP contribution in [0, 0.1) is 0 Å². The average molecular weight is 159 g/mol. The summed E-state index contributed by atoms with van der Waals surface area (Å²) in [6.45, 7) is 6.43. The third-order valence-corrected chi connectivity index (χ3v) is 1.83. The minimum atomic E-state index is 0.400. The van der Waals surface area contributed by atoms with Crippen LogP contribution in [0.4, 0.5) is 0 Å². The first-order chi connectivity index (χ1) is 5.38. The Labute approximate surface area is 68.5 Å². The van der Waals surface area contributed by atoms with Gasteiger partial charge in [-0.25, -0.2) is 10.6 Å². The van der Waals surface area contributed by atoms with Crippen LogP contribution in [0.15, 0.2) is 0 Å². The van der Waals surface area contributed by atoms with Crippen LogP contribution in [-0.4, -0.2) is 30.3 Å². The normalized spacial score (nSPS) is 28.9. The summed E-state index contributed by atoms with van der Waals surface area (Å²) < 4.78 is 4.29. The van der Waals surface area contributed by atoms with Crippen LogP contribution >= 0.6 is 0 Å². The van der Waals surface area contributed by atoms with Crippen molar-refractivity contribution in [1.29, 1.82) is 0 Å². The van der Waals surface area contributed by atoms with Gasteiger partial charge < -0.3 is 4.74 Å². The van der Waals surface area contributed by atoms with E-state index in [1.807, 2.05) is 0 Å². The molecule has 0 spiro atoms. The van der Waals surface area contributed by atoms with Crippen LogP contribution in [0.25, 0.3) is 0 Å². The largest absolute Gasteiger partial charge is 0.391 e. The van der Waals surface area contributed by atoms with Crippen LogP contribution in [0.1, 0.15) is 26.7 Å². The summed E-state index contributed by atoms with van der Waals surface area (Å²) >= 11 is 0. The van der Waals surface area contributed by atoms with Gasteiger partial charge in [0.2, 0.25) is 0 Å². The van der Waals surface area contributed by atoms with E-state index in [1.165, 1.54) is 12.8 Å². The van der Waals surface area contributed by atoms with Gasteiger partial charge in [-0.2, -0.15) is 0 Å². The molecule has 0 bridgehead atoms. The van der Waals surface area contributed by atoms with Gasteiger partial charge >= 0.3 is 12.5 Å². The smallest absolute Gasteiger partial charge is 0.302 e. The zero-order valence-electron chi connectivity index (χ0n) is 7.43. The average Bonchev–Trinajstić information content (AvgIpc) is 2.70. The van der Waals surface area contributed by atoms with Crippen molar-refractivity contribution in [1.82, 2.24) is 10.6 Å². The van der Waals surface area contributed by atoms with E-state index in [4.69, 9.17) is 0 Å². The van der Waals surface area contributed by atoms with Gasteiger partial charge in [0.1, 0.15) is 0 Å². The fraction of sp³-hybridized carbons (Fsp3) is 1.00. The lowest BCUT2D eigenvalue weighted by Gasteiger charge is -1.93. The second kappa shape index (κ2) is 4.70. The SMILES string of the molecule is CCCCNC1[OH+]C1NCC. The molecule has 3 N–H and O–H groups in total. The van der Waals surface area contributed by atoms with Crippen molar-refractivity contribution in [3.05, 3.63) is 0 Å². The Morgan fingerprint density at radius 2 is 1.91 bits per heavy atom. The quantitative estimate of drug-likeness (QED) is 0.329. The van der Waals surface area contributed by atoms with Crippen LogP contribution in [0.5, 0.6) is 0 Å². The molecule has 1 saturated heterocycles. The predicted molar refractivity (Wildman–Crippen MR) is 46.4 cm³/mol. The van der Waals surface area contributed by atoms with Crippen LogP contribution in [0.3, 0.4) is 0 Å². The van der Waals surface area contributed by atoms with Crippen molar-refractivity contribution in [2.75, 3.05) is 13.1 Å². The topological polar surface area (TPSA) is 36.9 Å². The van der Waals surface area contributed by atoms with E-state index in [0.717, 1.165) is 13.1 Å². The maximum atomic E-state index is 4.29. The van der Waals surface area contributed by atoms with Crippen molar-refractivity contribution >= 4 is 0 Å². The third-order valence-electron chi connectivity index (χ3n) is 1.83. The summed E-state index contributed by atoms with van der Waals surface area (Å²) in [6.07, 6.45) is 3.31. The molecular formula is C8H19N2O+. The lowest BCUT2D eigenvalue weighted by atomic mass is 10.3.